The van der Waals surface area contributed by atoms with Gasteiger partial charge < -0.3 is 19.3 Å². The summed E-state index contributed by atoms with van der Waals surface area (Å²) in [5.74, 6) is 1.87. The summed E-state index contributed by atoms with van der Waals surface area (Å²) in [4.78, 5) is 15.7. The summed E-state index contributed by atoms with van der Waals surface area (Å²) in [6, 6.07) is 6.23. The smallest absolute Gasteiger partial charge is 0.417 e. The number of hydrogen-bond acceptors (Lipinski definition) is 8. The van der Waals surface area contributed by atoms with Crippen LogP contribution >= 0.6 is 11.6 Å². The molecule has 3 aromatic heterocycles. The number of anilines is 1. The van der Waals surface area contributed by atoms with Gasteiger partial charge in [-0.2, -0.15) is 13.2 Å². The lowest BCUT2D eigenvalue weighted by Crippen LogP contribution is -2.19. The highest BCUT2D eigenvalue weighted by atomic mass is 35.5. The predicted molar refractivity (Wildman–Crippen MR) is 148 cm³/mol. The fraction of sp³-hybridized carbons (Fsp3) is 0.379. The first-order valence-electron chi connectivity index (χ1n) is 13.2. The zero-order chi connectivity index (χ0) is 29.5. The number of aliphatic hydroxyl groups excluding tert-OH is 1. The van der Waals surface area contributed by atoms with E-state index in [9.17, 15) is 18.3 Å². The molecule has 0 saturated carbocycles. The zero-order valence-electron chi connectivity index (χ0n) is 23.0. The van der Waals surface area contributed by atoms with Crippen molar-refractivity contribution in [3.05, 3.63) is 69.3 Å². The van der Waals surface area contributed by atoms with Gasteiger partial charge in [0.1, 0.15) is 23.9 Å². The van der Waals surface area contributed by atoms with E-state index in [1.165, 1.54) is 0 Å². The van der Waals surface area contributed by atoms with Gasteiger partial charge >= 0.3 is 6.18 Å². The summed E-state index contributed by atoms with van der Waals surface area (Å²) < 4.78 is 51.3. The fourth-order valence-corrected chi connectivity index (χ4v) is 5.14. The molecule has 8 nitrogen and oxygen atoms in total. The van der Waals surface area contributed by atoms with Crippen LogP contribution in [-0.4, -0.2) is 37.9 Å². The first-order chi connectivity index (χ1) is 19.5. The number of pyridine rings is 1. The summed E-state index contributed by atoms with van der Waals surface area (Å²) >= 11 is 6.62. The molecule has 216 valence electrons. The van der Waals surface area contributed by atoms with Crippen molar-refractivity contribution < 1.29 is 27.5 Å². The number of nitrogens with zero attached hydrogens (tertiary/aromatic N) is 5. The van der Waals surface area contributed by atoms with Gasteiger partial charge in [-0.25, -0.2) is 9.97 Å². The SMILES string of the molecule is CCC[C@@H](O)COc1ccc(Cl)c(-c2nc(-c3c(C)noc3C)c(C)c(N3Cc4cc(C(F)(F)F)cnc4C3)n2)c1. The fourth-order valence-electron chi connectivity index (χ4n) is 4.94. The van der Waals surface area contributed by atoms with Gasteiger partial charge in [-0.3, -0.25) is 4.98 Å². The Balaban J connectivity index is 1.59. The van der Waals surface area contributed by atoms with Crippen molar-refractivity contribution >= 4 is 17.4 Å². The number of hydrogen-bond donors (Lipinski definition) is 1. The van der Waals surface area contributed by atoms with Crippen LogP contribution in [0.25, 0.3) is 22.6 Å². The molecule has 0 saturated heterocycles. The molecule has 1 aliphatic heterocycles. The van der Waals surface area contributed by atoms with Crippen molar-refractivity contribution in [1.82, 2.24) is 20.1 Å². The predicted octanol–water partition coefficient (Wildman–Crippen LogP) is 6.85. The van der Waals surface area contributed by atoms with Gasteiger partial charge in [0.25, 0.3) is 0 Å². The summed E-state index contributed by atoms with van der Waals surface area (Å²) in [6.07, 6.45) is -2.79. The molecule has 0 radical (unpaired) electrons. The van der Waals surface area contributed by atoms with E-state index in [0.29, 0.717) is 73.9 Å². The first kappa shape index (κ1) is 28.8. The van der Waals surface area contributed by atoms with Crippen molar-refractivity contribution in [2.45, 2.75) is 65.9 Å². The second kappa shape index (κ2) is 11.3. The van der Waals surface area contributed by atoms with Crippen LogP contribution in [0.3, 0.4) is 0 Å². The minimum atomic E-state index is -4.49. The van der Waals surface area contributed by atoms with Gasteiger partial charge in [0.15, 0.2) is 5.82 Å². The molecule has 0 spiro atoms. The van der Waals surface area contributed by atoms with Gasteiger partial charge in [-0.15, -0.1) is 0 Å². The van der Waals surface area contributed by atoms with Crippen LogP contribution in [0.1, 0.15) is 53.6 Å². The number of benzene rings is 1. The van der Waals surface area contributed by atoms with E-state index in [1.807, 2.05) is 25.7 Å². The van der Waals surface area contributed by atoms with Crippen LogP contribution in [0.4, 0.5) is 19.0 Å². The molecule has 0 bridgehead atoms. The maximum Gasteiger partial charge on any atom is 0.417 e. The zero-order valence-corrected chi connectivity index (χ0v) is 23.8. The van der Waals surface area contributed by atoms with Crippen molar-refractivity contribution in [3.8, 4) is 28.4 Å². The van der Waals surface area contributed by atoms with Crippen LogP contribution in [0.5, 0.6) is 5.75 Å². The molecule has 0 fully saturated rings. The maximum absolute atomic E-state index is 13.3. The molecule has 0 unspecified atom stereocenters. The molecule has 41 heavy (non-hydrogen) atoms. The number of aromatic nitrogens is 4. The Morgan fingerprint density at radius 2 is 1.93 bits per heavy atom. The topological polar surface area (TPSA) is 97.4 Å². The molecule has 0 aliphatic carbocycles. The highest BCUT2D eigenvalue weighted by Crippen LogP contribution is 2.39. The van der Waals surface area contributed by atoms with E-state index in [2.05, 4.69) is 10.1 Å². The van der Waals surface area contributed by atoms with E-state index in [0.717, 1.165) is 18.7 Å². The van der Waals surface area contributed by atoms with Crippen LogP contribution in [-0.2, 0) is 19.3 Å². The van der Waals surface area contributed by atoms with E-state index in [4.69, 9.17) is 30.8 Å². The molecular weight excluding hydrogens is 559 g/mol. The van der Waals surface area contributed by atoms with Crippen molar-refractivity contribution in [3.63, 3.8) is 0 Å². The molecule has 12 heteroatoms. The molecule has 0 amide bonds. The van der Waals surface area contributed by atoms with Crippen molar-refractivity contribution in [1.29, 1.82) is 0 Å². The largest absolute Gasteiger partial charge is 0.491 e. The Morgan fingerprint density at radius 3 is 2.61 bits per heavy atom. The molecule has 1 aromatic carbocycles. The number of ether oxygens (including phenoxy) is 1. The Labute approximate surface area is 240 Å². The van der Waals surface area contributed by atoms with Gasteiger partial charge in [-0.05, 0) is 57.0 Å². The minimum Gasteiger partial charge on any atom is -0.491 e. The average Bonchev–Trinajstić information content (AvgIpc) is 3.50. The van der Waals surface area contributed by atoms with Crippen LogP contribution in [0.15, 0.2) is 35.0 Å². The quantitative estimate of drug-likeness (QED) is 0.239. The standard InChI is InChI=1S/C29H29ClF3N5O3/c1-5-6-20(39)14-40-21-7-8-23(30)22(10-21)27-35-26(25-16(3)37-41-17(25)4)15(2)28(36-27)38-12-18-9-19(29(31,32)33)11-34-24(18)13-38/h7-11,20,39H,5-6,12-14H2,1-4H3/t20-/m1/s1. The summed E-state index contributed by atoms with van der Waals surface area (Å²) in [5.41, 5.74) is 3.36. The number of halogens is 4. The molecule has 1 aliphatic rings. The summed E-state index contributed by atoms with van der Waals surface area (Å²) in [6.45, 7) is 8.02. The monoisotopic (exact) mass is 587 g/mol. The minimum absolute atomic E-state index is 0.123. The lowest BCUT2D eigenvalue weighted by Gasteiger charge is -2.22. The molecule has 4 aromatic rings. The molecule has 1 N–H and O–H groups in total. The van der Waals surface area contributed by atoms with Crippen LogP contribution in [0, 0.1) is 20.8 Å². The van der Waals surface area contributed by atoms with Gasteiger partial charge in [-0.1, -0.05) is 30.1 Å². The lowest BCUT2D eigenvalue weighted by molar-refractivity contribution is -0.137. The Morgan fingerprint density at radius 1 is 1.15 bits per heavy atom. The van der Waals surface area contributed by atoms with Crippen molar-refractivity contribution in [2.75, 3.05) is 11.5 Å². The average molecular weight is 588 g/mol. The lowest BCUT2D eigenvalue weighted by atomic mass is 10.0. The Bertz CT molecular complexity index is 1570. The third-order valence-electron chi connectivity index (χ3n) is 7.02. The van der Waals surface area contributed by atoms with Crippen LogP contribution < -0.4 is 9.64 Å². The summed E-state index contributed by atoms with van der Waals surface area (Å²) in [7, 11) is 0. The third kappa shape index (κ3) is 5.87. The normalized spacial score (nSPS) is 13.9. The number of aliphatic hydroxyl groups is 1. The Hall–Kier alpha value is -3.70. The highest BCUT2D eigenvalue weighted by molar-refractivity contribution is 6.33. The number of rotatable bonds is 8. The Kier molecular flexibility index (Phi) is 7.93. The second-order valence-corrected chi connectivity index (χ2v) is 10.5. The second-order valence-electron chi connectivity index (χ2n) is 10.1. The van der Waals surface area contributed by atoms with E-state index in [-0.39, 0.29) is 19.7 Å². The molecular formula is C29H29ClF3N5O3. The van der Waals surface area contributed by atoms with Gasteiger partial charge in [0, 0.05) is 23.9 Å². The maximum atomic E-state index is 13.3. The molecule has 1 atom stereocenters. The van der Waals surface area contributed by atoms with E-state index >= 15 is 0 Å². The van der Waals surface area contributed by atoms with E-state index < -0.39 is 17.8 Å². The van der Waals surface area contributed by atoms with Crippen molar-refractivity contribution in [2.24, 2.45) is 0 Å². The van der Waals surface area contributed by atoms with Gasteiger partial charge in [0.2, 0.25) is 0 Å². The third-order valence-corrected chi connectivity index (χ3v) is 7.35. The highest BCUT2D eigenvalue weighted by Gasteiger charge is 2.34. The van der Waals surface area contributed by atoms with E-state index in [1.54, 1.807) is 25.1 Å². The number of alkyl halides is 3. The van der Waals surface area contributed by atoms with Gasteiger partial charge in [0.05, 0.1) is 45.9 Å². The first-order valence-corrected chi connectivity index (χ1v) is 13.6. The molecule has 4 heterocycles. The number of fused-ring (bicyclic) bond motifs is 1. The van der Waals surface area contributed by atoms with Crippen LogP contribution in [0.2, 0.25) is 5.02 Å². The molecule has 5 rings (SSSR count). The number of aryl methyl sites for hydroxylation is 2. The summed E-state index contributed by atoms with van der Waals surface area (Å²) in [5, 5.41) is 14.6.